The van der Waals surface area contributed by atoms with Gasteiger partial charge in [0.25, 0.3) is 5.91 Å². The van der Waals surface area contributed by atoms with Crippen LogP contribution in [0.15, 0.2) is 24.3 Å². The number of phenolic OH excluding ortho intramolecular Hbond substituents is 1. The van der Waals surface area contributed by atoms with Crippen LogP contribution in [0.25, 0.3) is 0 Å². The molecule has 2 aromatic rings. The molecule has 0 saturated carbocycles. The maximum atomic E-state index is 12.1. The van der Waals surface area contributed by atoms with E-state index in [2.05, 4.69) is 5.32 Å². The Labute approximate surface area is 124 Å². The van der Waals surface area contributed by atoms with Crippen LogP contribution in [0.1, 0.15) is 10.5 Å². The summed E-state index contributed by atoms with van der Waals surface area (Å²) in [6.45, 7) is 0. The summed E-state index contributed by atoms with van der Waals surface area (Å²) in [5, 5.41) is 13.1. The lowest BCUT2D eigenvalue weighted by Crippen LogP contribution is -2.15. The van der Waals surface area contributed by atoms with Crippen molar-refractivity contribution in [2.75, 3.05) is 5.32 Å². The minimum absolute atomic E-state index is 0.0795. The highest BCUT2D eigenvalue weighted by Crippen LogP contribution is 2.29. The molecule has 100 valence electrons. The number of amides is 1. The number of anilines is 1. The third kappa shape index (κ3) is 2.81. The number of nitrogens with one attached hydrogen (secondary N) is 1. The first-order valence-corrected chi connectivity index (χ1v) is 6.34. The maximum Gasteiger partial charge on any atom is 0.272 e. The molecule has 0 fully saturated rings. The molecule has 0 aliphatic rings. The van der Waals surface area contributed by atoms with Gasteiger partial charge in [-0.3, -0.25) is 4.79 Å². The van der Waals surface area contributed by atoms with Gasteiger partial charge in [-0.15, -0.1) is 0 Å². The van der Waals surface area contributed by atoms with Crippen LogP contribution in [0.5, 0.6) is 5.75 Å². The van der Waals surface area contributed by atoms with Gasteiger partial charge in [0, 0.05) is 12.1 Å². The highest BCUT2D eigenvalue weighted by molar-refractivity contribution is 6.42. The number of aromatic nitrogens is 1. The van der Waals surface area contributed by atoms with E-state index in [1.54, 1.807) is 7.05 Å². The summed E-state index contributed by atoms with van der Waals surface area (Å²) in [4.78, 5) is 12.1. The van der Waals surface area contributed by atoms with Gasteiger partial charge in [-0.1, -0.05) is 34.8 Å². The molecule has 7 heteroatoms. The molecule has 0 atom stereocenters. The third-order valence-electron chi connectivity index (χ3n) is 2.56. The smallest absolute Gasteiger partial charge is 0.272 e. The molecule has 0 aliphatic carbocycles. The van der Waals surface area contributed by atoms with Crippen molar-refractivity contribution in [3.63, 3.8) is 0 Å². The van der Waals surface area contributed by atoms with E-state index in [1.807, 2.05) is 0 Å². The molecule has 1 aromatic carbocycles. The van der Waals surface area contributed by atoms with Gasteiger partial charge >= 0.3 is 0 Å². The lowest BCUT2D eigenvalue weighted by atomic mass is 10.3. The van der Waals surface area contributed by atoms with Crippen LogP contribution in [0.3, 0.4) is 0 Å². The Kier molecular flexibility index (Phi) is 3.94. The second-order valence-corrected chi connectivity index (χ2v) is 5.04. The average Bonchev–Trinajstić information content (AvgIpc) is 2.62. The number of carbonyl (C=O) groups excluding carboxylic acids is 1. The fourth-order valence-corrected chi connectivity index (χ4v) is 2.10. The Hall–Kier alpha value is -1.36. The molecule has 19 heavy (non-hydrogen) atoms. The highest BCUT2D eigenvalue weighted by atomic mass is 35.5. The second-order valence-electron chi connectivity index (χ2n) is 3.84. The Bertz CT molecular complexity index is 653. The van der Waals surface area contributed by atoms with Gasteiger partial charge in [0.15, 0.2) is 0 Å². The Morgan fingerprint density at radius 1 is 1.26 bits per heavy atom. The summed E-state index contributed by atoms with van der Waals surface area (Å²) in [6, 6.07) is 5.80. The summed E-state index contributed by atoms with van der Waals surface area (Å²) < 4.78 is 1.45. The van der Waals surface area contributed by atoms with E-state index in [-0.39, 0.29) is 27.3 Å². The van der Waals surface area contributed by atoms with E-state index < -0.39 is 5.91 Å². The van der Waals surface area contributed by atoms with Crippen LogP contribution in [-0.4, -0.2) is 15.6 Å². The first-order valence-electron chi connectivity index (χ1n) is 5.20. The number of halogens is 3. The molecule has 2 N–H and O–H groups in total. The van der Waals surface area contributed by atoms with Gasteiger partial charge in [-0.25, -0.2) is 0 Å². The zero-order valence-corrected chi connectivity index (χ0v) is 12.0. The third-order valence-corrected chi connectivity index (χ3v) is 3.63. The number of benzene rings is 1. The second kappa shape index (κ2) is 5.33. The van der Waals surface area contributed by atoms with Gasteiger partial charge < -0.3 is 15.0 Å². The van der Waals surface area contributed by atoms with Crippen molar-refractivity contribution in [2.45, 2.75) is 0 Å². The van der Waals surface area contributed by atoms with Crippen molar-refractivity contribution in [1.82, 2.24) is 4.57 Å². The summed E-state index contributed by atoms with van der Waals surface area (Å²) in [7, 11) is 1.61. The maximum absolute atomic E-state index is 12.1. The molecular weight excluding hydrogens is 311 g/mol. The normalized spacial score (nSPS) is 10.5. The van der Waals surface area contributed by atoms with E-state index in [0.717, 1.165) is 0 Å². The zero-order chi connectivity index (χ0) is 14.2. The average molecular weight is 320 g/mol. The molecule has 2 rings (SSSR count). The van der Waals surface area contributed by atoms with Gasteiger partial charge in [0.2, 0.25) is 0 Å². The Morgan fingerprint density at radius 3 is 2.53 bits per heavy atom. The molecule has 0 bridgehead atoms. The summed E-state index contributed by atoms with van der Waals surface area (Å²) in [6.07, 6.45) is 0. The van der Waals surface area contributed by atoms with Gasteiger partial charge in [-0.05, 0) is 24.3 Å². The van der Waals surface area contributed by atoms with Crippen molar-refractivity contribution in [3.8, 4) is 5.75 Å². The van der Waals surface area contributed by atoms with Crippen molar-refractivity contribution >= 4 is 46.4 Å². The number of rotatable bonds is 2. The number of carbonyl (C=O) groups is 1. The molecule has 0 radical (unpaired) electrons. The summed E-state index contributed by atoms with van der Waals surface area (Å²) in [5.41, 5.74) is 0.486. The standard InChI is InChI=1S/C12H9Cl3N2O2/c1-17-9(5-7(14)11(17)15)12(19)16-8-4-6(13)2-3-10(8)18/h2-5,18H,1H3,(H,16,19). The van der Waals surface area contributed by atoms with E-state index in [1.165, 1.54) is 28.8 Å². The SMILES string of the molecule is Cn1c(C(=O)Nc2cc(Cl)ccc2O)cc(Cl)c1Cl. The quantitative estimate of drug-likeness (QED) is 0.824. The van der Waals surface area contributed by atoms with Crippen molar-refractivity contribution in [2.24, 2.45) is 7.05 Å². The molecule has 0 saturated heterocycles. The molecule has 0 spiro atoms. The molecular formula is C12H9Cl3N2O2. The number of nitrogens with zero attached hydrogens (tertiary/aromatic N) is 1. The number of hydrogen-bond donors (Lipinski definition) is 2. The largest absolute Gasteiger partial charge is 0.506 e. The summed E-state index contributed by atoms with van der Waals surface area (Å²) in [5.74, 6) is -0.530. The fourth-order valence-electron chi connectivity index (χ4n) is 1.55. The highest BCUT2D eigenvalue weighted by Gasteiger charge is 2.17. The van der Waals surface area contributed by atoms with Crippen LogP contribution >= 0.6 is 34.8 Å². The molecule has 1 heterocycles. The van der Waals surface area contributed by atoms with Crippen LogP contribution in [-0.2, 0) is 7.05 Å². The van der Waals surface area contributed by atoms with Gasteiger partial charge in [0.1, 0.15) is 16.6 Å². The Morgan fingerprint density at radius 2 is 1.95 bits per heavy atom. The molecule has 1 amide bonds. The predicted octanol–water partition coefficient (Wildman–Crippen LogP) is 3.94. The lowest BCUT2D eigenvalue weighted by Gasteiger charge is -2.08. The summed E-state index contributed by atoms with van der Waals surface area (Å²) >= 11 is 17.5. The van der Waals surface area contributed by atoms with Crippen LogP contribution in [0, 0.1) is 0 Å². The first kappa shape index (κ1) is 14.1. The molecule has 0 aliphatic heterocycles. The molecule has 1 aromatic heterocycles. The first-order chi connectivity index (χ1) is 8.90. The van der Waals surface area contributed by atoms with Crippen molar-refractivity contribution in [3.05, 3.63) is 45.2 Å². The van der Waals surface area contributed by atoms with E-state index in [9.17, 15) is 9.90 Å². The number of hydrogen-bond acceptors (Lipinski definition) is 2. The van der Waals surface area contributed by atoms with Gasteiger partial charge in [-0.2, -0.15) is 0 Å². The monoisotopic (exact) mass is 318 g/mol. The minimum atomic E-state index is -0.450. The topological polar surface area (TPSA) is 54.3 Å². The molecule has 0 unspecified atom stereocenters. The minimum Gasteiger partial charge on any atom is -0.506 e. The van der Waals surface area contributed by atoms with Gasteiger partial charge in [0.05, 0.1) is 10.7 Å². The van der Waals surface area contributed by atoms with Crippen molar-refractivity contribution in [1.29, 1.82) is 0 Å². The number of aromatic hydroxyl groups is 1. The fraction of sp³-hybridized carbons (Fsp3) is 0.0833. The van der Waals surface area contributed by atoms with Crippen molar-refractivity contribution < 1.29 is 9.90 Å². The van der Waals surface area contributed by atoms with Crippen LogP contribution in [0.4, 0.5) is 5.69 Å². The lowest BCUT2D eigenvalue weighted by molar-refractivity contribution is 0.101. The van der Waals surface area contributed by atoms with E-state index in [4.69, 9.17) is 34.8 Å². The Balaban J connectivity index is 2.30. The molecule has 4 nitrogen and oxygen atoms in total. The van der Waals surface area contributed by atoms with Crippen LogP contribution < -0.4 is 5.32 Å². The predicted molar refractivity (Wildman–Crippen MR) is 76.5 cm³/mol. The van der Waals surface area contributed by atoms with E-state index >= 15 is 0 Å². The number of phenols is 1. The zero-order valence-electron chi connectivity index (χ0n) is 9.75. The van der Waals surface area contributed by atoms with Crippen LogP contribution in [0.2, 0.25) is 15.2 Å². The van der Waals surface area contributed by atoms with E-state index in [0.29, 0.717) is 5.02 Å².